The fraction of sp³-hybridized carbons (Fsp3) is 0.435. The van der Waals surface area contributed by atoms with Crippen LogP contribution < -0.4 is 5.32 Å². The van der Waals surface area contributed by atoms with E-state index in [0.717, 1.165) is 43.3 Å². The van der Waals surface area contributed by atoms with Gasteiger partial charge in [-0.05, 0) is 55.6 Å². The molecule has 0 radical (unpaired) electrons. The normalized spacial score (nSPS) is 21.5. The molecule has 0 spiro atoms. The van der Waals surface area contributed by atoms with Crippen LogP contribution in [0.3, 0.4) is 0 Å². The summed E-state index contributed by atoms with van der Waals surface area (Å²) in [4.78, 5) is 7.61. The van der Waals surface area contributed by atoms with E-state index in [1.165, 1.54) is 36.2 Å². The number of likely N-dealkylation sites (tertiary alicyclic amines) is 1. The lowest BCUT2D eigenvalue weighted by Crippen LogP contribution is -2.34. The second kappa shape index (κ2) is 7.86. The molecular weight excluding hydrogens is 368 g/mol. The maximum absolute atomic E-state index is 6.15. The predicted molar refractivity (Wildman–Crippen MR) is 115 cm³/mol. The van der Waals surface area contributed by atoms with Gasteiger partial charge >= 0.3 is 0 Å². The first-order valence-corrected chi connectivity index (χ1v) is 10.8. The third-order valence-corrected chi connectivity index (χ3v) is 6.50. The average Bonchev–Trinajstić information content (AvgIpc) is 3.36. The molecule has 4 nitrogen and oxygen atoms in total. The zero-order chi connectivity index (χ0) is 18.9. The van der Waals surface area contributed by atoms with Gasteiger partial charge in [0.15, 0.2) is 0 Å². The molecule has 2 fully saturated rings. The van der Waals surface area contributed by atoms with Crippen molar-refractivity contribution in [2.75, 3.05) is 26.2 Å². The Morgan fingerprint density at radius 1 is 1.04 bits per heavy atom. The first-order valence-electron chi connectivity index (χ1n) is 10.4. The molecule has 0 amide bonds. The minimum atomic E-state index is 0.539. The zero-order valence-corrected chi connectivity index (χ0v) is 16.9. The van der Waals surface area contributed by atoms with Gasteiger partial charge in [-0.1, -0.05) is 35.9 Å². The van der Waals surface area contributed by atoms with Gasteiger partial charge in [0, 0.05) is 43.2 Å². The highest BCUT2D eigenvalue weighted by molar-refractivity contribution is 6.30. The highest BCUT2D eigenvalue weighted by Crippen LogP contribution is 2.34. The summed E-state index contributed by atoms with van der Waals surface area (Å²) in [6, 6.07) is 17.4. The first kappa shape index (κ1) is 18.2. The van der Waals surface area contributed by atoms with Gasteiger partial charge in [0.25, 0.3) is 0 Å². The Bertz CT molecular complexity index is 952. The summed E-state index contributed by atoms with van der Waals surface area (Å²) < 4.78 is 2.57. The lowest BCUT2D eigenvalue weighted by atomic mass is 10.0. The summed E-state index contributed by atoms with van der Waals surface area (Å²) >= 11 is 6.15. The van der Waals surface area contributed by atoms with Crippen molar-refractivity contribution in [3.8, 4) is 0 Å². The number of aromatic nitrogens is 2. The molecule has 2 aliphatic rings. The van der Waals surface area contributed by atoms with E-state index in [2.05, 4.69) is 51.2 Å². The number of fused-ring (bicyclic) bond motifs is 1. The monoisotopic (exact) mass is 394 g/mol. The van der Waals surface area contributed by atoms with E-state index in [9.17, 15) is 0 Å². The molecule has 1 atom stereocenters. The van der Waals surface area contributed by atoms with Gasteiger partial charge < -0.3 is 9.88 Å². The van der Waals surface area contributed by atoms with Crippen LogP contribution in [0.15, 0.2) is 48.5 Å². The third kappa shape index (κ3) is 3.57. The van der Waals surface area contributed by atoms with Gasteiger partial charge in [-0.25, -0.2) is 4.98 Å². The standard InChI is InChI=1S/C23H27ClN4/c24-19-5-3-4-17(14-19)16-27-12-9-20(10-13-27)28-22-7-2-1-6-21(22)26-23(28)18-8-11-25-15-18/h1-7,14,18,20,25H,8-13,15-16H2. The van der Waals surface area contributed by atoms with Crippen LogP contribution in [0.1, 0.15) is 42.6 Å². The van der Waals surface area contributed by atoms with Crippen molar-refractivity contribution in [1.82, 2.24) is 19.8 Å². The van der Waals surface area contributed by atoms with Crippen molar-refractivity contribution >= 4 is 22.6 Å². The number of piperidine rings is 1. The van der Waals surface area contributed by atoms with E-state index in [1.807, 2.05) is 12.1 Å². The van der Waals surface area contributed by atoms with E-state index in [0.29, 0.717) is 12.0 Å². The summed E-state index contributed by atoms with van der Waals surface area (Å²) in [6.07, 6.45) is 3.54. The molecule has 0 saturated carbocycles. The zero-order valence-electron chi connectivity index (χ0n) is 16.1. The van der Waals surface area contributed by atoms with Crippen LogP contribution >= 0.6 is 11.6 Å². The Morgan fingerprint density at radius 3 is 2.68 bits per heavy atom. The van der Waals surface area contributed by atoms with Gasteiger partial charge in [0.05, 0.1) is 11.0 Å². The molecule has 1 unspecified atom stereocenters. The molecule has 146 valence electrons. The molecule has 1 aromatic heterocycles. The van der Waals surface area contributed by atoms with Crippen LogP contribution in [-0.4, -0.2) is 40.6 Å². The Morgan fingerprint density at radius 2 is 1.89 bits per heavy atom. The number of benzene rings is 2. The molecule has 5 heteroatoms. The van der Waals surface area contributed by atoms with Crippen molar-refractivity contribution in [2.45, 2.75) is 37.8 Å². The quantitative estimate of drug-likeness (QED) is 0.701. The largest absolute Gasteiger partial charge is 0.324 e. The van der Waals surface area contributed by atoms with Crippen LogP contribution in [0.4, 0.5) is 0 Å². The Kier molecular flexibility index (Phi) is 5.10. The number of nitrogens with one attached hydrogen (secondary N) is 1. The fourth-order valence-electron chi connectivity index (χ4n) is 4.84. The minimum Gasteiger partial charge on any atom is -0.324 e. The molecular formula is C23H27ClN4. The molecule has 3 aromatic rings. The number of rotatable bonds is 4. The van der Waals surface area contributed by atoms with Crippen molar-refractivity contribution < 1.29 is 0 Å². The van der Waals surface area contributed by atoms with E-state index in [4.69, 9.17) is 16.6 Å². The summed E-state index contributed by atoms with van der Waals surface area (Å²) in [5.74, 6) is 1.83. The number of para-hydroxylation sites is 2. The van der Waals surface area contributed by atoms with Gasteiger partial charge in [0.2, 0.25) is 0 Å². The number of halogens is 1. The second-order valence-electron chi connectivity index (χ2n) is 8.16. The van der Waals surface area contributed by atoms with Crippen LogP contribution in [0.25, 0.3) is 11.0 Å². The molecule has 2 aliphatic heterocycles. The summed E-state index contributed by atoms with van der Waals surface area (Å²) in [5.41, 5.74) is 3.75. The molecule has 1 N–H and O–H groups in total. The minimum absolute atomic E-state index is 0.539. The van der Waals surface area contributed by atoms with E-state index >= 15 is 0 Å². The molecule has 2 saturated heterocycles. The highest BCUT2D eigenvalue weighted by Gasteiger charge is 2.29. The van der Waals surface area contributed by atoms with Gasteiger partial charge in [0.1, 0.15) is 5.82 Å². The molecule has 0 aliphatic carbocycles. The van der Waals surface area contributed by atoms with Crippen molar-refractivity contribution in [1.29, 1.82) is 0 Å². The molecule has 2 aromatic carbocycles. The predicted octanol–water partition coefficient (Wildman–Crippen LogP) is 4.60. The Labute approximate surface area is 171 Å². The van der Waals surface area contributed by atoms with Crippen molar-refractivity contribution in [3.63, 3.8) is 0 Å². The third-order valence-electron chi connectivity index (χ3n) is 6.27. The summed E-state index contributed by atoms with van der Waals surface area (Å²) in [7, 11) is 0. The van der Waals surface area contributed by atoms with Crippen LogP contribution in [-0.2, 0) is 6.54 Å². The second-order valence-corrected chi connectivity index (χ2v) is 8.59. The summed E-state index contributed by atoms with van der Waals surface area (Å²) in [6.45, 7) is 5.37. The Balaban J connectivity index is 1.36. The Hall–Kier alpha value is -1.88. The van der Waals surface area contributed by atoms with Gasteiger partial charge in [-0.15, -0.1) is 0 Å². The molecule has 0 bridgehead atoms. The lowest BCUT2D eigenvalue weighted by molar-refractivity contribution is 0.179. The number of hydrogen-bond acceptors (Lipinski definition) is 3. The lowest BCUT2D eigenvalue weighted by Gasteiger charge is -2.34. The fourth-order valence-corrected chi connectivity index (χ4v) is 5.05. The van der Waals surface area contributed by atoms with E-state index < -0.39 is 0 Å². The van der Waals surface area contributed by atoms with Crippen molar-refractivity contribution in [2.24, 2.45) is 0 Å². The van der Waals surface area contributed by atoms with Crippen LogP contribution in [0.5, 0.6) is 0 Å². The number of imidazole rings is 1. The molecule has 28 heavy (non-hydrogen) atoms. The number of hydrogen-bond donors (Lipinski definition) is 1. The van der Waals surface area contributed by atoms with Crippen molar-refractivity contribution in [3.05, 3.63) is 64.9 Å². The van der Waals surface area contributed by atoms with Crippen LogP contribution in [0, 0.1) is 0 Å². The van der Waals surface area contributed by atoms with Crippen LogP contribution in [0.2, 0.25) is 5.02 Å². The van der Waals surface area contributed by atoms with E-state index in [1.54, 1.807) is 0 Å². The first-order chi connectivity index (χ1) is 13.8. The topological polar surface area (TPSA) is 33.1 Å². The number of nitrogens with zero attached hydrogens (tertiary/aromatic N) is 3. The smallest absolute Gasteiger partial charge is 0.114 e. The van der Waals surface area contributed by atoms with E-state index in [-0.39, 0.29) is 0 Å². The molecule has 3 heterocycles. The van der Waals surface area contributed by atoms with Gasteiger partial charge in [-0.2, -0.15) is 0 Å². The maximum atomic E-state index is 6.15. The SMILES string of the molecule is Clc1cccc(CN2CCC(n3c(C4CCNC4)nc4ccccc43)CC2)c1. The average molecular weight is 395 g/mol. The van der Waals surface area contributed by atoms with Gasteiger partial charge in [-0.3, -0.25) is 4.90 Å². The highest BCUT2D eigenvalue weighted by atomic mass is 35.5. The molecule has 5 rings (SSSR count). The maximum Gasteiger partial charge on any atom is 0.114 e. The summed E-state index contributed by atoms with van der Waals surface area (Å²) in [5, 5.41) is 4.34.